The van der Waals surface area contributed by atoms with Crippen molar-refractivity contribution >= 4 is 23.9 Å². The minimum absolute atomic E-state index is 0.0185. The Balaban J connectivity index is 2.52. The molecule has 0 saturated heterocycles. The first kappa shape index (κ1) is 30.9. The zero-order valence-electron chi connectivity index (χ0n) is 23.1. The number of aromatic hydroxyl groups is 2. The molecule has 11 nitrogen and oxygen atoms in total. The van der Waals surface area contributed by atoms with Crippen molar-refractivity contribution in [3.8, 4) is 11.5 Å². The second-order valence-corrected chi connectivity index (χ2v) is 9.90. The number of phenols is 2. The Kier molecular flexibility index (Phi) is 10.7. The van der Waals surface area contributed by atoms with Gasteiger partial charge in [-0.25, -0.2) is 4.79 Å². The van der Waals surface area contributed by atoms with E-state index >= 15 is 0 Å². The zero-order chi connectivity index (χ0) is 29.3. The quantitative estimate of drug-likeness (QED) is 0.334. The van der Waals surface area contributed by atoms with Crippen LogP contribution >= 0.6 is 0 Å². The summed E-state index contributed by atoms with van der Waals surface area (Å²) < 4.78 is 9.96. The molecule has 0 aliphatic carbocycles. The van der Waals surface area contributed by atoms with Crippen LogP contribution < -0.4 is 10.6 Å². The minimum Gasteiger partial charge on any atom is -0.508 e. The van der Waals surface area contributed by atoms with Crippen molar-refractivity contribution < 1.29 is 38.9 Å². The van der Waals surface area contributed by atoms with Gasteiger partial charge >= 0.3 is 12.1 Å². The summed E-state index contributed by atoms with van der Waals surface area (Å²) in [7, 11) is 1.18. The highest BCUT2D eigenvalue weighted by molar-refractivity contribution is 5.93. The lowest BCUT2D eigenvalue weighted by atomic mass is 9.98. The summed E-state index contributed by atoms with van der Waals surface area (Å²) >= 11 is 0. The number of esters is 1. The van der Waals surface area contributed by atoms with Gasteiger partial charge in [0.25, 0.3) is 0 Å². The molecule has 4 N–H and O–H groups in total. The van der Waals surface area contributed by atoms with Crippen LogP contribution in [0.3, 0.4) is 0 Å². The molecule has 0 bridgehead atoms. The molecular weight excluding hydrogens is 506 g/mol. The smallest absolute Gasteiger partial charge is 0.408 e. The maximum atomic E-state index is 14.0. The average molecular weight is 544 g/mol. The summed E-state index contributed by atoms with van der Waals surface area (Å²) in [6, 6.07) is 8.41. The number of amides is 3. The Bertz CT molecular complexity index is 1170. The van der Waals surface area contributed by atoms with E-state index in [1.54, 1.807) is 58.9 Å². The number of ether oxygens (including phenoxy) is 2. The van der Waals surface area contributed by atoms with E-state index in [1.807, 2.05) is 0 Å². The zero-order valence-corrected chi connectivity index (χ0v) is 23.1. The number of para-hydroxylation sites is 1. The molecule has 212 valence electrons. The van der Waals surface area contributed by atoms with Gasteiger partial charge in [0, 0.05) is 18.5 Å². The number of rotatable bonds is 10. The molecule has 0 aliphatic rings. The number of alkyl carbamates (subject to hydrolysis) is 1. The van der Waals surface area contributed by atoms with Crippen LogP contribution in [0, 0.1) is 6.92 Å². The van der Waals surface area contributed by atoms with Gasteiger partial charge in [0.05, 0.1) is 7.11 Å². The van der Waals surface area contributed by atoms with Crippen molar-refractivity contribution in [1.29, 1.82) is 0 Å². The molecule has 0 radical (unpaired) electrons. The van der Waals surface area contributed by atoms with Crippen LogP contribution in [-0.2, 0) is 30.3 Å². The van der Waals surface area contributed by atoms with Crippen molar-refractivity contribution in [2.75, 3.05) is 20.2 Å². The maximum absolute atomic E-state index is 14.0. The lowest BCUT2D eigenvalue weighted by Crippen LogP contribution is -2.54. The van der Waals surface area contributed by atoms with Gasteiger partial charge in [0.1, 0.15) is 35.7 Å². The van der Waals surface area contributed by atoms with Crippen LogP contribution in [0.4, 0.5) is 4.79 Å². The van der Waals surface area contributed by atoms with E-state index in [9.17, 15) is 29.4 Å². The summed E-state index contributed by atoms with van der Waals surface area (Å²) in [5.41, 5.74) is 0.426. The highest BCUT2D eigenvalue weighted by Crippen LogP contribution is 2.32. The topological polar surface area (TPSA) is 154 Å². The number of likely N-dealkylation sites (N-methyl/N-ethyl adjacent to an activating group) is 1. The van der Waals surface area contributed by atoms with Gasteiger partial charge in [-0.05, 0) is 57.9 Å². The number of benzene rings is 2. The van der Waals surface area contributed by atoms with Gasteiger partial charge in [0.15, 0.2) is 0 Å². The van der Waals surface area contributed by atoms with E-state index in [-0.39, 0.29) is 30.0 Å². The third kappa shape index (κ3) is 8.91. The molecule has 0 heterocycles. The fourth-order valence-corrected chi connectivity index (χ4v) is 3.86. The highest BCUT2D eigenvalue weighted by Gasteiger charge is 2.37. The largest absolute Gasteiger partial charge is 0.508 e. The summed E-state index contributed by atoms with van der Waals surface area (Å²) in [5.74, 6) is -2.19. The Morgan fingerprint density at radius 2 is 1.67 bits per heavy atom. The minimum atomic E-state index is -1.34. The molecule has 2 atom stereocenters. The lowest BCUT2D eigenvalue weighted by molar-refractivity contribution is -0.144. The van der Waals surface area contributed by atoms with Crippen molar-refractivity contribution in [3.05, 3.63) is 59.2 Å². The molecule has 0 saturated carbocycles. The molecular formula is C28H37N3O8. The standard InChI is InChI=1S/C28H37N3O8/c1-7-31(23(25(35)29-16-22(33)38-6)20-10-8-9-17(2)24(20)34)26(36)21(30-27(37)39-28(3,4)5)15-18-11-13-19(32)14-12-18/h8-14,21,23,32,34H,7,15-16H2,1-6H3,(H,29,35)(H,30,37). The molecule has 2 aromatic rings. The van der Waals surface area contributed by atoms with E-state index in [4.69, 9.17) is 4.74 Å². The maximum Gasteiger partial charge on any atom is 0.408 e. The van der Waals surface area contributed by atoms with E-state index < -0.39 is 48.1 Å². The van der Waals surface area contributed by atoms with E-state index in [1.165, 1.54) is 30.2 Å². The average Bonchev–Trinajstić information content (AvgIpc) is 2.87. The van der Waals surface area contributed by atoms with Gasteiger partial charge in [-0.3, -0.25) is 14.4 Å². The Morgan fingerprint density at radius 3 is 2.23 bits per heavy atom. The third-order valence-electron chi connectivity index (χ3n) is 5.75. The van der Waals surface area contributed by atoms with Crippen LogP contribution in [0.1, 0.15) is 50.4 Å². The molecule has 2 rings (SSSR count). The van der Waals surface area contributed by atoms with E-state index in [0.29, 0.717) is 11.1 Å². The Morgan fingerprint density at radius 1 is 1.03 bits per heavy atom. The number of carbonyl (C=O) groups is 4. The number of hydrogen-bond acceptors (Lipinski definition) is 8. The van der Waals surface area contributed by atoms with E-state index in [0.717, 1.165) is 0 Å². The van der Waals surface area contributed by atoms with Gasteiger partial charge in [-0.15, -0.1) is 0 Å². The second-order valence-electron chi connectivity index (χ2n) is 9.90. The monoisotopic (exact) mass is 543 g/mol. The van der Waals surface area contributed by atoms with Crippen LogP contribution in [0.25, 0.3) is 0 Å². The molecule has 0 fully saturated rings. The molecule has 3 amide bonds. The molecule has 11 heteroatoms. The molecule has 0 aliphatic heterocycles. The van der Waals surface area contributed by atoms with Gasteiger partial charge in [-0.2, -0.15) is 0 Å². The van der Waals surface area contributed by atoms with Crippen molar-refractivity contribution in [3.63, 3.8) is 0 Å². The predicted molar refractivity (Wildman–Crippen MR) is 143 cm³/mol. The summed E-state index contributed by atoms with van der Waals surface area (Å²) in [6.45, 7) is 7.92. The molecule has 0 spiro atoms. The van der Waals surface area contributed by atoms with Crippen molar-refractivity contribution in [2.45, 2.75) is 58.7 Å². The highest BCUT2D eigenvalue weighted by atomic mass is 16.6. The van der Waals surface area contributed by atoms with Crippen LogP contribution in [0.5, 0.6) is 11.5 Å². The normalized spacial score (nSPS) is 12.6. The molecule has 2 unspecified atom stereocenters. The first-order chi connectivity index (χ1) is 18.3. The summed E-state index contributed by atoms with van der Waals surface area (Å²) in [4.78, 5) is 53.0. The first-order valence-corrected chi connectivity index (χ1v) is 12.5. The number of phenolic OH excluding ortho intramolecular Hbond substituents is 2. The SMILES string of the molecule is CCN(C(=O)C(Cc1ccc(O)cc1)NC(=O)OC(C)(C)C)C(C(=O)NCC(=O)OC)c1cccc(C)c1O. The van der Waals surface area contributed by atoms with Crippen LogP contribution in [0.2, 0.25) is 0 Å². The fraction of sp³-hybridized carbons (Fsp3) is 0.429. The lowest BCUT2D eigenvalue weighted by Gasteiger charge is -2.34. The van der Waals surface area contributed by atoms with Gasteiger partial charge < -0.3 is 35.2 Å². The number of hydrogen-bond donors (Lipinski definition) is 4. The molecule has 0 aromatic heterocycles. The predicted octanol–water partition coefficient (Wildman–Crippen LogP) is 2.72. The second kappa shape index (κ2) is 13.5. The van der Waals surface area contributed by atoms with E-state index in [2.05, 4.69) is 15.4 Å². The molecule has 2 aromatic carbocycles. The van der Waals surface area contributed by atoms with Crippen LogP contribution in [-0.4, -0.2) is 70.8 Å². The number of aryl methyl sites for hydroxylation is 1. The van der Waals surface area contributed by atoms with Gasteiger partial charge in [0.2, 0.25) is 11.8 Å². The number of methoxy groups -OCH3 is 1. The fourth-order valence-electron chi connectivity index (χ4n) is 3.86. The van der Waals surface area contributed by atoms with Gasteiger partial charge in [-0.1, -0.05) is 30.3 Å². The Hall–Kier alpha value is -4.28. The summed E-state index contributed by atoms with van der Waals surface area (Å²) in [6.07, 6.45) is -0.814. The van der Waals surface area contributed by atoms with Crippen LogP contribution in [0.15, 0.2) is 42.5 Å². The summed E-state index contributed by atoms with van der Waals surface area (Å²) in [5, 5.41) is 25.5. The van der Waals surface area contributed by atoms with Crippen molar-refractivity contribution in [1.82, 2.24) is 15.5 Å². The Labute approximate surface area is 228 Å². The van der Waals surface area contributed by atoms with Crippen molar-refractivity contribution in [2.24, 2.45) is 0 Å². The number of nitrogens with zero attached hydrogens (tertiary/aromatic N) is 1. The number of nitrogens with one attached hydrogen (secondary N) is 2. The molecule has 39 heavy (non-hydrogen) atoms. The number of carbonyl (C=O) groups excluding carboxylic acids is 4. The third-order valence-corrected chi connectivity index (χ3v) is 5.75. The first-order valence-electron chi connectivity index (χ1n) is 12.5.